The van der Waals surface area contributed by atoms with E-state index >= 15 is 0 Å². The maximum absolute atomic E-state index is 11.9. The number of rotatable bonds is 8. The molecule has 8 nitrogen and oxygen atoms in total. The first-order valence-electron chi connectivity index (χ1n) is 15.1. The van der Waals surface area contributed by atoms with Crippen LogP contribution in [0.5, 0.6) is 0 Å². The number of hydrogen-bond donors (Lipinski definition) is 1. The summed E-state index contributed by atoms with van der Waals surface area (Å²) in [6, 6.07) is 9.97. The van der Waals surface area contributed by atoms with E-state index in [2.05, 4.69) is 9.58 Å². The number of carboxylic acids is 1. The van der Waals surface area contributed by atoms with Gasteiger partial charge in [-0.25, -0.2) is 9.78 Å². The lowest BCUT2D eigenvalue weighted by atomic mass is 9.90. The van der Waals surface area contributed by atoms with Crippen LogP contribution in [0.3, 0.4) is 0 Å². The van der Waals surface area contributed by atoms with Crippen LogP contribution < -0.4 is 4.90 Å². The van der Waals surface area contributed by atoms with Crippen molar-refractivity contribution in [2.45, 2.75) is 69.2 Å². The Labute approximate surface area is 263 Å². The van der Waals surface area contributed by atoms with E-state index in [4.69, 9.17) is 42.8 Å². The molecule has 2 aliphatic carbocycles. The van der Waals surface area contributed by atoms with E-state index in [9.17, 15) is 9.90 Å². The molecule has 3 unspecified atom stereocenters. The van der Waals surface area contributed by atoms with Crippen LogP contribution in [0.4, 0.5) is 5.13 Å². The van der Waals surface area contributed by atoms with Crippen molar-refractivity contribution < 1.29 is 19.4 Å². The molecule has 8 rings (SSSR count). The number of fused-ring (bicyclic) bond motifs is 3. The molecule has 11 heteroatoms. The third-order valence-corrected chi connectivity index (χ3v) is 11.3. The number of halogens is 2. The molecule has 4 aromatic rings. The first-order chi connectivity index (χ1) is 20.9. The molecule has 1 N–H and O–H groups in total. The minimum Gasteiger partial charge on any atom is -0.478 e. The van der Waals surface area contributed by atoms with Gasteiger partial charge in [0.1, 0.15) is 0 Å². The largest absolute Gasteiger partial charge is 0.478 e. The Morgan fingerprint density at radius 1 is 1.09 bits per heavy atom. The van der Waals surface area contributed by atoms with Gasteiger partial charge in [0.2, 0.25) is 0 Å². The number of piperidine rings is 1. The Balaban J connectivity index is 1.01. The number of ether oxygens (including phenoxy) is 2. The van der Waals surface area contributed by atoms with Gasteiger partial charge in [-0.1, -0.05) is 40.6 Å². The van der Waals surface area contributed by atoms with Crippen molar-refractivity contribution in [2.24, 2.45) is 5.92 Å². The van der Waals surface area contributed by atoms with Gasteiger partial charge in [0.05, 0.1) is 56.5 Å². The third kappa shape index (κ3) is 5.03. The van der Waals surface area contributed by atoms with Gasteiger partial charge in [0, 0.05) is 42.8 Å². The lowest BCUT2D eigenvalue weighted by molar-refractivity contribution is 0.00958. The van der Waals surface area contributed by atoms with E-state index in [-0.39, 0.29) is 12.0 Å². The van der Waals surface area contributed by atoms with Crippen molar-refractivity contribution >= 4 is 55.9 Å². The van der Waals surface area contributed by atoms with Crippen molar-refractivity contribution in [1.82, 2.24) is 14.8 Å². The minimum absolute atomic E-state index is 0.157. The molecule has 2 saturated heterocycles. The number of thiazole rings is 1. The molecule has 2 aromatic carbocycles. The number of nitrogens with zero attached hydrogens (tertiary/aromatic N) is 4. The smallest absolute Gasteiger partial charge is 0.335 e. The van der Waals surface area contributed by atoms with Crippen molar-refractivity contribution in [3.63, 3.8) is 0 Å². The third-order valence-electron chi connectivity index (χ3n) is 9.60. The predicted octanol–water partition coefficient (Wildman–Crippen LogP) is 7.58. The number of aromatic nitrogens is 3. The summed E-state index contributed by atoms with van der Waals surface area (Å²) in [4.78, 5) is 19.5. The standard InChI is InChI=1S/C32H32Cl2N4O4S/c33-24-2-1-3-25(34)29(24)23-14-35-38(20-4-5-20)26(23)16-42-27-13-21-10-19(27)15-37(21)32-36-30-22(17-6-8-41-9-7-17)11-18(31(39)40)12-28(30)43-32/h1-3,11-12,14,17,19-21,27H,4-10,13,15-16H2,(H,39,40). The van der Waals surface area contributed by atoms with Crippen molar-refractivity contribution in [3.8, 4) is 11.1 Å². The van der Waals surface area contributed by atoms with Gasteiger partial charge in [-0.3, -0.25) is 4.68 Å². The molecule has 4 fully saturated rings. The van der Waals surface area contributed by atoms with Crippen LogP contribution >= 0.6 is 34.5 Å². The lowest BCUT2D eigenvalue weighted by Gasteiger charge is -2.31. The van der Waals surface area contributed by atoms with E-state index in [0.29, 0.717) is 53.4 Å². The minimum atomic E-state index is -0.895. The van der Waals surface area contributed by atoms with Gasteiger partial charge in [0.25, 0.3) is 0 Å². The summed E-state index contributed by atoms with van der Waals surface area (Å²) in [5.74, 6) is -0.215. The highest BCUT2D eigenvalue weighted by Gasteiger charge is 2.46. The van der Waals surface area contributed by atoms with Gasteiger partial charge >= 0.3 is 5.97 Å². The highest BCUT2D eigenvalue weighted by molar-refractivity contribution is 7.22. The summed E-state index contributed by atoms with van der Waals surface area (Å²) in [6.45, 7) is 2.76. The normalized spacial score (nSPS) is 24.0. The number of carboxylic acid groups (broad SMARTS) is 1. The molecule has 43 heavy (non-hydrogen) atoms. The summed E-state index contributed by atoms with van der Waals surface area (Å²) in [5, 5.41) is 16.7. The second-order valence-electron chi connectivity index (χ2n) is 12.3. The number of anilines is 1. The maximum Gasteiger partial charge on any atom is 0.335 e. The molecular weight excluding hydrogens is 607 g/mol. The average molecular weight is 640 g/mol. The van der Waals surface area contributed by atoms with E-state index in [1.165, 1.54) is 0 Å². The molecule has 2 aromatic heterocycles. The molecule has 3 atom stereocenters. The Morgan fingerprint density at radius 3 is 2.58 bits per heavy atom. The second-order valence-corrected chi connectivity index (χ2v) is 14.1. The van der Waals surface area contributed by atoms with Gasteiger partial charge in [0.15, 0.2) is 5.13 Å². The van der Waals surface area contributed by atoms with Gasteiger partial charge in [-0.05, 0) is 74.3 Å². The van der Waals surface area contributed by atoms with E-state index in [1.54, 1.807) is 17.4 Å². The van der Waals surface area contributed by atoms with Crippen LogP contribution in [-0.2, 0) is 16.1 Å². The zero-order valence-corrected chi connectivity index (χ0v) is 25.9. The van der Waals surface area contributed by atoms with Crippen LogP contribution in [0.15, 0.2) is 36.5 Å². The van der Waals surface area contributed by atoms with Crippen molar-refractivity contribution in [2.75, 3.05) is 24.7 Å². The van der Waals surface area contributed by atoms with Crippen LogP contribution in [0.25, 0.3) is 21.3 Å². The van der Waals surface area contributed by atoms with Crippen LogP contribution in [0.1, 0.15) is 72.1 Å². The Bertz CT molecular complexity index is 1690. The Kier molecular flexibility index (Phi) is 7.14. The first kappa shape index (κ1) is 27.8. The molecule has 2 bridgehead atoms. The van der Waals surface area contributed by atoms with Gasteiger partial charge in [-0.15, -0.1) is 0 Å². The molecule has 2 aliphatic heterocycles. The Hall–Kier alpha value is -2.69. The molecule has 0 amide bonds. The zero-order chi connectivity index (χ0) is 29.2. The summed E-state index contributed by atoms with van der Waals surface area (Å²) in [7, 11) is 0. The second kappa shape index (κ2) is 11.0. The highest BCUT2D eigenvalue weighted by Crippen LogP contribution is 2.47. The van der Waals surface area contributed by atoms with E-state index in [0.717, 1.165) is 82.8 Å². The topological polar surface area (TPSA) is 89.7 Å². The zero-order valence-electron chi connectivity index (χ0n) is 23.5. The average Bonchev–Trinajstić information content (AvgIpc) is 3.32. The number of carbonyl (C=O) groups is 1. The monoisotopic (exact) mass is 638 g/mol. The quantitative estimate of drug-likeness (QED) is 0.213. The fourth-order valence-corrected chi connectivity index (χ4v) is 8.99. The maximum atomic E-state index is 11.9. The van der Waals surface area contributed by atoms with Crippen LogP contribution in [0.2, 0.25) is 10.0 Å². The SMILES string of the molecule is O=C(O)c1cc(C2CCOCC2)c2nc(N3CC4CC3CC4OCc3c(-c4c(Cl)cccc4Cl)cnn3C3CC3)sc2c1. The first-order valence-corrected chi connectivity index (χ1v) is 16.7. The van der Waals surface area contributed by atoms with Gasteiger partial charge < -0.3 is 19.5 Å². The van der Waals surface area contributed by atoms with E-state index in [1.807, 2.05) is 30.5 Å². The van der Waals surface area contributed by atoms with Gasteiger partial charge in [-0.2, -0.15) is 5.10 Å². The van der Waals surface area contributed by atoms with E-state index < -0.39 is 5.97 Å². The Morgan fingerprint density at radius 2 is 1.88 bits per heavy atom. The fraction of sp³-hybridized carbons (Fsp3) is 0.469. The predicted molar refractivity (Wildman–Crippen MR) is 168 cm³/mol. The summed E-state index contributed by atoms with van der Waals surface area (Å²) in [5.41, 5.74) is 5.14. The van der Waals surface area contributed by atoms with Crippen molar-refractivity contribution in [1.29, 1.82) is 0 Å². The summed E-state index contributed by atoms with van der Waals surface area (Å²) in [6.07, 6.45) is 8.07. The molecule has 4 aliphatic rings. The number of hydrogen-bond acceptors (Lipinski definition) is 7. The van der Waals surface area contributed by atoms with Crippen LogP contribution in [-0.4, -0.2) is 57.7 Å². The number of benzene rings is 2. The molecule has 2 saturated carbocycles. The van der Waals surface area contributed by atoms with Crippen molar-refractivity contribution in [3.05, 3.63) is 63.4 Å². The summed E-state index contributed by atoms with van der Waals surface area (Å²) < 4.78 is 15.3. The number of aromatic carboxylic acids is 1. The molecule has 0 radical (unpaired) electrons. The van der Waals surface area contributed by atoms with Crippen LogP contribution in [0, 0.1) is 5.92 Å². The molecular formula is C32H32Cl2N4O4S. The fourth-order valence-electron chi connectivity index (χ4n) is 7.27. The lowest BCUT2D eigenvalue weighted by Crippen LogP contribution is -2.38. The molecule has 0 spiro atoms. The molecule has 4 heterocycles. The molecule has 224 valence electrons. The highest BCUT2D eigenvalue weighted by atomic mass is 35.5. The summed E-state index contributed by atoms with van der Waals surface area (Å²) >= 11 is 14.8.